The van der Waals surface area contributed by atoms with Gasteiger partial charge in [0.2, 0.25) is 11.8 Å². The largest absolute Gasteiger partial charge is 0.492 e. The molecule has 154 valence electrons. The fourth-order valence-corrected chi connectivity index (χ4v) is 4.05. The molecule has 0 unspecified atom stereocenters. The Bertz CT molecular complexity index is 709. The molecule has 8 nitrogen and oxygen atoms in total. The number of nitrogens with one attached hydrogen (secondary N) is 1. The molecule has 9 heteroatoms. The minimum Gasteiger partial charge on any atom is -0.492 e. The Morgan fingerprint density at radius 2 is 1.89 bits per heavy atom. The van der Waals surface area contributed by atoms with Gasteiger partial charge in [-0.1, -0.05) is 0 Å². The summed E-state index contributed by atoms with van der Waals surface area (Å²) < 4.78 is 17.1. The molecular formula is C19H27N3O5S. The zero-order valence-electron chi connectivity index (χ0n) is 16.4. The van der Waals surface area contributed by atoms with Crippen LogP contribution in [0.25, 0.3) is 0 Å². The van der Waals surface area contributed by atoms with Crippen molar-refractivity contribution in [2.24, 2.45) is 0 Å². The fourth-order valence-electron chi connectivity index (χ4n) is 3.15. The van der Waals surface area contributed by atoms with Gasteiger partial charge in [0.1, 0.15) is 18.0 Å². The maximum absolute atomic E-state index is 12.5. The molecule has 0 aliphatic carbocycles. The number of benzene rings is 1. The number of amides is 2. The highest BCUT2D eigenvalue weighted by molar-refractivity contribution is 8.00. The normalized spacial score (nSPS) is 17.0. The lowest BCUT2D eigenvalue weighted by atomic mass is 10.2. The van der Waals surface area contributed by atoms with E-state index in [4.69, 9.17) is 14.2 Å². The molecule has 3 rings (SSSR count). The average Bonchev–Trinajstić information content (AvgIpc) is 3.09. The second-order valence-corrected chi connectivity index (χ2v) is 7.35. The molecule has 2 saturated heterocycles. The van der Waals surface area contributed by atoms with Crippen LogP contribution in [0.5, 0.6) is 11.5 Å². The van der Waals surface area contributed by atoms with Crippen LogP contribution in [0.2, 0.25) is 0 Å². The monoisotopic (exact) mass is 409 g/mol. The highest BCUT2D eigenvalue weighted by Gasteiger charge is 2.24. The smallest absolute Gasteiger partial charge is 0.244 e. The first-order chi connectivity index (χ1) is 13.6. The molecule has 2 aliphatic heterocycles. The highest BCUT2D eigenvalue weighted by Crippen LogP contribution is 2.39. The van der Waals surface area contributed by atoms with E-state index in [1.54, 1.807) is 11.0 Å². The molecule has 1 aromatic carbocycles. The quantitative estimate of drug-likeness (QED) is 0.701. The lowest BCUT2D eigenvalue weighted by molar-refractivity contribution is -0.130. The number of anilines is 2. The molecule has 1 N–H and O–H groups in total. The van der Waals surface area contributed by atoms with Crippen molar-refractivity contribution in [2.45, 2.75) is 13.8 Å². The van der Waals surface area contributed by atoms with Crippen LogP contribution in [0.15, 0.2) is 12.1 Å². The predicted molar refractivity (Wildman–Crippen MR) is 109 cm³/mol. The minimum atomic E-state index is -0.252. The highest BCUT2D eigenvalue weighted by atomic mass is 32.2. The summed E-state index contributed by atoms with van der Waals surface area (Å²) >= 11 is 1.51. The molecule has 0 saturated carbocycles. The van der Waals surface area contributed by atoms with Crippen molar-refractivity contribution < 1.29 is 23.8 Å². The van der Waals surface area contributed by atoms with Gasteiger partial charge in [-0.2, -0.15) is 0 Å². The van der Waals surface area contributed by atoms with Gasteiger partial charge < -0.3 is 29.3 Å². The van der Waals surface area contributed by atoms with Crippen LogP contribution in [0, 0.1) is 0 Å². The van der Waals surface area contributed by atoms with Gasteiger partial charge in [-0.25, -0.2) is 0 Å². The average molecular weight is 410 g/mol. The van der Waals surface area contributed by atoms with E-state index in [2.05, 4.69) is 10.2 Å². The number of morpholine rings is 1. The van der Waals surface area contributed by atoms with Gasteiger partial charge in [-0.3, -0.25) is 9.59 Å². The van der Waals surface area contributed by atoms with Crippen LogP contribution in [0.3, 0.4) is 0 Å². The third-order valence-corrected chi connectivity index (χ3v) is 5.39. The number of carbonyl (C=O) groups is 2. The number of thioether (sulfide) groups is 1. The Kier molecular flexibility index (Phi) is 7.27. The molecule has 2 aliphatic rings. The second-order valence-electron chi connectivity index (χ2n) is 6.40. The molecule has 2 heterocycles. The van der Waals surface area contributed by atoms with Crippen molar-refractivity contribution in [1.82, 2.24) is 4.90 Å². The standard InChI is InChI=1S/C19H27N3O5S/c1-3-26-16-10-15(21-5-7-25-8-6-21)17(27-4-2)9-14(16)20-18(23)11-22-13-28-12-19(22)24/h9-10H,3-8,11-13H2,1-2H3,(H,20,23). The van der Waals surface area contributed by atoms with Crippen LogP contribution in [-0.2, 0) is 14.3 Å². The van der Waals surface area contributed by atoms with E-state index in [1.807, 2.05) is 19.9 Å². The number of nitrogens with zero attached hydrogens (tertiary/aromatic N) is 2. The summed E-state index contributed by atoms with van der Waals surface area (Å²) in [6, 6.07) is 3.71. The number of carbonyl (C=O) groups excluding carboxylic acids is 2. The van der Waals surface area contributed by atoms with Gasteiger partial charge in [0, 0.05) is 25.2 Å². The molecule has 0 spiro atoms. The lowest BCUT2D eigenvalue weighted by Gasteiger charge is -2.31. The van der Waals surface area contributed by atoms with Gasteiger partial charge in [-0.15, -0.1) is 11.8 Å². The van der Waals surface area contributed by atoms with Gasteiger partial charge in [0.15, 0.2) is 0 Å². The van der Waals surface area contributed by atoms with Crippen molar-refractivity contribution in [3.8, 4) is 11.5 Å². The van der Waals surface area contributed by atoms with Gasteiger partial charge >= 0.3 is 0 Å². The number of hydrogen-bond acceptors (Lipinski definition) is 7. The Hall–Kier alpha value is -2.13. The SMILES string of the molecule is CCOc1cc(N2CCOCC2)c(OCC)cc1NC(=O)CN1CSCC1=O. The third kappa shape index (κ3) is 5.02. The van der Waals surface area contributed by atoms with Crippen molar-refractivity contribution in [3.05, 3.63) is 12.1 Å². The van der Waals surface area contributed by atoms with E-state index in [0.717, 1.165) is 18.8 Å². The number of ether oxygens (including phenoxy) is 3. The molecule has 0 aromatic heterocycles. The van der Waals surface area contributed by atoms with E-state index in [9.17, 15) is 9.59 Å². The Balaban J connectivity index is 1.82. The first-order valence-corrected chi connectivity index (χ1v) is 10.7. The third-order valence-electron chi connectivity index (χ3n) is 4.45. The van der Waals surface area contributed by atoms with E-state index < -0.39 is 0 Å². The summed E-state index contributed by atoms with van der Waals surface area (Å²) in [4.78, 5) is 28.0. The maximum Gasteiger partial charge on any atom is 0.244 e. The Morgan fingerprint density at radius 3 is 2.54 bits per heavy atom. The molecule has 0 radical (unpaired) electrons. The van der Waals surface area contributed by atoms with Gasteiger partial charge in [0.25, 0.3) is 0 Å². The van der Waals surface area contributed by atoms with Crippen molar-refractivity contribution in [2.75, 3.05) is 67.9 Å². The van der Waals surface area contributed by atoms with Gasteiger partial charge in [-0.05, 0) is 13.8 Å². The molecule has 2 amide bonds. The topological polar surface area (TPSA) is 80.3 Å². The van der Waals surface area contributed by atoms with Crippen LogP contribution >= 0.6 is 11.8 Å². The lowest BCUT2D eigenvalue weighted by Crippen LogP contribution is -2.36. The van der Waals surface area contributed by atoms with E-state index in [0.29, 0.717) is 55.2 Å². The van der Waals surface area contributed by atoms with Crippen LogP contribution in [-0.4, -0.2) is 74.4 Å². The summed E-state index contributed by atoms with van der Waals surface area (Å²) in [5, 5.41) is 2.88. The van der Waals surface area contributed by atoms with Crippen molar-refractivity contribution in [3.63, 3.8) is 0 Å². The molecule has 28 heavy (non-hydrogen) atoms. The summed E-state index contributed by atoms with van der Waals surface area (Å²) in [7, 11) is 0. The van der Waals surface area contributed by atoms with E-state index in [-0.39, 0.29) is 18.4 Å². The molecule has 0 atom stereocenters. The summed E-state index contributed by atoms with van der Waals surface area (Å²) in [6.07, 6.45) is 0. The summed E-state index contributed by atoms with van der Waals surface area (Å²) in [5.41, 5.74) is 1.48. The van der Waals surface area contributed by atoms with Crippen LogP contribution in [0.1, 0.15) is 13.8 Å². The van der Waals surface area contributed by atoms with Crippen molar-refractivity contribution in [1.29, 1.82) is 0 Å². The first-order valence-electron chi connectivity index (χ1n) is 9.54. The molecule has 0 bridgehead atoms. The predicted octanol–water partition coefficient (Wildman–Crippen LogP) is 1.79. The maximum atomic E-state index is 12.5. The fraction of sp³-hybridized carbons (Fsp3) is 0.579. The van der Waals surface area contributed by atoms with Crippen LogP contribution < -0.4 is 19.7 Å². The van der Waals surface area contributed by atoms with Crippen molar-refractivity contribution >= 4 is 35.0 Å². The molecule has 1 aromatic rings. The first kappa shape index (κ1) is 20.6. The minimum absolute atomic E-state index is 0.0112. The summed E-state index contributed by atoms with van der Waals surface area (Å²) in [5.74, 6) is 1.99. The molecular weight excluding hydrogens is 382 g/mol. The summed E-state index contributed by atoms with van der Waals surface area (Å²) in [6.45, 7) is 7.71. The van der Waals surface area contributed by atoms with Gasteiger partial charge in [0.05, 0.1) is 49.4 Å². The van der Waals surface area contributed by atoms with E-state index >= 15 is 0 Å². The molecule has 2 fully saturated rings. The zero-order valence-corrected chi connectivity index (χ0v) is 17.2. The number of hydrogen-bond donors (Lipinski definition) is 1. The second kappa shape index (κ2) is 9.88. The van der Waals surface area contributed by atoms with E-state index in [1.165, 1.54) is 11.8 Å². The zero-order chi connectivity index (χ0) is 19.9. The van der Waals surface area contributed by atoms with Crippen LogP contribution in [0.4, 0.5) is 11.4 Å². The Labute approximate surface area is 169 Å². The Morgan fingerprint density at radius 1 is 1.18 bits per heavy atom. The number of rotatable bonds is 8.